The number of hydrogen-bond donors (Lipinski definition) is 0. The van der Waals surface area contributed by atoms with Crippen molar-refractivity contribution in [3.05, 3.63) is 75.7 Å². The van der Waals surface area contributed by atoms with Crippen LogP contribution in [0, 0.1) is 5.21 Å². The van der Waals surface area contributed by atoms with Crippen LogP contribution >= 0.6 is 15.9 Å². The maximum atomic E-state index is 11.1. The number of likely N-dealkylation sites (N-methyl/N-ethyl adjacent to an activating group) is 1. The van der Waals surface area contributed by atoms with Crippen molar-refractivity contribution in [2.45, 2.75) is 0 Å². The molecule has 1 heterocycles. The zero-order valence-electron chi connectivity index (χ0n) is 10.6. The van der Waals surface area contributed by atoms with Gasteiger partial charge in [-0.2, -0.15) is 0 Å². The Morgan fingerprint density at radius 1 is 1.26 bits per heavy atom. The molecule has 0 aliphatic heterocycles. The van der Waals surface area contributed by atoms with E-state index >= 15 is 0 Å². The first kappa shape index (κ1) is 13.9. The largest absolute Gasteiger partial charge is 0.785 e. The van der Waals surface area contributed by atoms with E-state index in [1.165, 1.54) is 7.05 Å². The SMILES string of the molecule is CN([O-])C/C=C(/c1ccc(Br)cc1)c1cccnc1. The number of pyridine rings is 1. The zero-order chi connectivity index (χ0) is 13.7. The van der Waals surface area contributed by atoms with Crippen molar-refractivity contribution in [1.29, 1.82) is 0 Å². The van der Waals surface area contributed by atoms with E-state index in [1.807, 2.05) is 42.5 Å². The molecular formula is C15H14BrN2O-. The fourth-order valence-corrected chi connectivity index (χ4v) is 2.04. The van der Waals surface area contributed by atoms with Gasteiger partial charge in [-0.1, -0.05) is 40.2 Å². The summed E-state index contributed by atoms with van der Waals surface area (Å²) in [4.78, 5) is 4.13. The molecule has 0 spiro atoms. The van der Waals surface area contributed by atoms with E-state index in [0.717, 1.165) is 26.2 Å². The molecule has 4 heteroatoms. The second-order valence-corrected chi connectivity index (χ2v) is 5.09. The molecule has 2 aromatic rings. The molecule has 0 N–H and O–H groups in total. The third-order valence-electron chi connectivity index (χ3n) is 2.68. The van der Waals surface area contributed by atoms with E-state index in [-0.39, 0.29) is 0 Å². The Balaban J connectivity index is 2.40. The zero-order valence-corrected chi connectivity index (χ0v) is 12.2. The van der Waals surface area contributed by atoms with Gasteiger partial charge in [-0.15, -0.1) is 0 Å². The molecule has 0 aliphatic rings. The van der Waals surface area contributed by atoms with Gasteiger partial charge in [0.25, 0.3) is 0 Å². The lowest BCUT2D eigenvalue weighted by atomic mass is 9.99. The minimum absolute atomic E-state index is 0.348. The Hall–Kier alpha value is -1.49. The summed E-state index contributed by atoms with van der Waals surface area (Å²) in [6.07, 6.45) is 5.47. The fourth-order valence-electron chi connectivity index (χ4n) is 1.77. The molecule has 1 aromatic heterocycles. The molecule has 0 radical (unpaired) electrons. The van der Waals surface area contributed by atoms with Crippen LogP contribution in [0.25, 0.3) is 5.57 Å². The Morgan fingerprint density at radius 2 is 2.00 bits per heavy atom. The van der Waals surface area contributed by atoms with Crippen molar-refractivity contribution in [1.82, 2.24) is 10.0 Å². The normalized spacial score (nSPS) is 11.9. The lowest BCUT2D eigenvalue weighted by Gasteiger charge is -2.20. The van der Waals surface area contributed by atoms with E-state index in [0.29, 0.717) is 6.54 Å². The molecule has 0 fully saturated rings. The fraction of sp³-hybridized carbons (Fsp3) is 0.133. The monoisotopic (exact) mass is 317 g/mol. The summed E-state index contributed by atoms with van der Waals surface area (Å²) in [5.74, 6) is 0. The highest BCUT2D eigenvalue weighted by molar-refractivity contribution is 9.10. The highest BCUT2D eigenvalue weighted by Gasteiger charge is 2.04. The quantitative estimate of drug-likeness (QED) is 0.807. The number of hydrogen-bond acceptors (Lipinski definition) is 3. The topological polar surface area (TPSA) is 39.2 Å². The van der Waals surface area contributed by atoms with E-state index in [4.69, 9.17) is 0 Å². The van der Waals surface area contributed by atoms with E-state index in [1.54, 1.807) is 12.4 Å². The maximum absolute atomic E-state index is 11.1. The summed E-state index contributed by atoms with van der Waals surface area (Å²) in [6.45, 7) is 0.348. The lowest BCUT2D eigenvalue weighted by molar-refractivity contribution is 0.513. The number of hydroxylamine groups is 2. The van der Waals surface area contributed by atoms with E-state index in [2.05, 4.69) is 20.9 Å². The van der Waals surface area contributed by atoms with Gasteiger partial charge in [0, 0.05) is 29.0 Å². The van der Waals surface area contributed by atoms with Crippen molar-refractivity contribution >= 4 is 21.5 Å². The van der Waals surface area contributed by atoms with Crippen LogP contribution in [0.15, 0.2) is 59.3 Å². The van der Waals surface area contributed by atoms with Crippen LogP contribution in [0.2, 0.25) is 0 Å². The number of halogens is 1. The van der Waals surface area contributed by atoms with Crippen LogP contribution in [-0.2, 0) is 0 Å². The van der Waals surface area contributed by atoms with Gasteiger partial charge in [-0.25, -0.2) is 0 Å². The van der Waals surface area contributed by atoms with Gasteiger partial charge >= 0.3 is 0 Å². The number of rotatable bonds is 4. The highest BCUT2D eigenvalue weighted by Crippen LogP contribution is 2.24. The first-order valence-electron chi connectivity index (χ1n) is 5.91. The number of aromatic nitrogens is 1. The molecule has 0 bridgehead atoms. The number of benzene rings is 1. The van der Waals surface area contributed by atoms with Crippen molar-refractivity contribution in [3.63, 3.8) is 0 Å². The molecule has 0 saturated carbocycles. The van der Waals surface area contributed by atoms with E-state index in [9.17, 15) is 5.21 Å². The van der Waals surface area contributed by atoms with Gasteiger partial charge in [-0.05, 0) is 36.4 Å². The third-order valence-corrected chi connectivity index (χ3v) is 3.21. The predicted molar refractivity (Wildman–Crippen MR) is 81.5 cm³/mol. The maximum Gasteiger partial charge on any atom is 0.0346 e. The lowest BCUT2D eigenvalue weighted by Crippen LogP contribution is -2.09. The van der Waals surface area contributed by atoms with Crippen LogP contribution in [0.5, 0.6) is 0 Å². The van der Waals surface area contributed by atoms with Gasteiger partial charge in [0.15, 0.2) is 0 Å². The molecule has 3 nitrogen and oxygen atoms in total. The van der Waals surface area contributed by atoms with Gasteiger partial charge in [0.2, 0.25) is 0 Å². The summed E-state index contributed by atoms with van der Waals surface area (Å²) in [5.41, 5.74) is 3.09. The minimum atomic E-state index is 0.348. The predicted octanol–water partition coefficient (Wildman–Crippen LogP) is 3.71. The molecule has 0 atom stereocenters. The van der Waals surface area contributed by atoms with Crippen molar-refractivity contribution in [2.24, 2.45) is 0 Å². The summed E-state index contributed by atoms with van der Waals surface area (Å²) < 4.78 is 1.03. The van der Waals surface area contributed by atoms with Crippen molar-refractivity contribution in [3.8, 4) is 0 Å². The van der Waals surface area contributed by atoms with Gasteiger partial charge in [-0.3, -0.25) is 4.98 Å². The Bertz CT molecular complexity index is 550. The molecule has 0 unspecified atom stereocenters. The standard InChI is InChI=1S/C15H14BrN2O/c1-18(19)10-8-15(13-3-2-9-17-11-13)12-4-6-14(16)7-5-12/h2-9,11H,10H2,1H3/q-1/b15-8-. The highest BCUT2D eigenvalue weighted by atomic mass is 79.9. The van der Waals surface area contributed by atoms with Crippen LogP contribution < -0.4 is 0 Å². The third kappa shape index (κ3) is 3.99. The smallest absolute Gasteiger partial charge is 0.0346 e. The van der Waals surface area contributed by atoms with Gasteiger partial charge < -0.3 is 10.3 Å². The van der Waals surface area contributed by atoms with E-state index < -0.39 is 0 Å². The second-order valence-electron chi connectivity index (χ2n) is 4.18. The van der Waals surface area contributed by atoms with Crippen molar-refractivity contribution in [2.75, 3.05) is 13.6 Å². The van der Waals surface area contributed by atoms with Crippen LogP contribution in [0.4, 0.5) is 0 Å². The summed E-state index contributed by atoms with van der Waals surface area (Å²) >= 11 is 3.42. The average Bonchev–Trinajstić information content (AvgIpc) is 2.42. The molecule has 0 saturated heterocycles. The Labute approximate surface area is 121 Å². The molecule has 1 aromatic carbocycles. The molecule has 2 rings (SSSR count). The van der Waals surface area contributed by atoms with Gasteiger partial charge in [0.05, 0.1) is 0 Å². The van der Waals surface area contributed by atoms with Crippen LogP contribution in [0.3, 0.4) is 0 Å². The summed E-state index contributed by atoms with van der Waals surface area (Å²) in [5, 5.41) is 12.0. The summed E-state index contributed by atoms with van der Waals surface area (Å²) in [7, 11) is 1.51. The summed E-state index contributed by atoms with van der Waals surface area (Å²) in [6, 6.07) is 11.9. The van der Waals surface area contributed by atoms with Crippen LogP contribution in [-0.4, -0.2) is 23.6 Å². The molecular weight excluding hydrogens is 304 g/mol. The first-order chi connectivity index (χ1) is 9.16. The molecule has 19 heavy (non-hydrogen) atoms. The minimum Gasteiger partial charge on any atom is -0.785 e. The first-order valence-corrected chi connectivity index (χ1v) is 6.71. The molecule has 0 amide bonds. The molecule has 0 aliphatic carbocycles. The van der Waals surface area contributed by atoms with Crippen molar-refractivity contribution < 1.29 is 0 Å². The Morgan fingerprint density at radius 3 is 2.58 bits per heavy atom. The van der Waals surface area contributed by atoms with Gasteiger partial charge in [0.1, 0.15) is 0 Å². The van der Waals surface area contributed by atoms with Crippen LogP contribution in [0.1, 0.15) is 11.1 Å². The number of nitrogens with zero attached hydrogens (tertiary/aromatic N) is 2. The average molecular weight is 318 g/mol. The second kappa shape index (κ2) is 6.61. The Kier molecular flexibility index (Phi) is 4.85. The molecule has 98 valence electrons.